The molecule has 0 bridgehead atoms. The lowest BCUT2D eigenvalue weighted by Crippen LogP contribution is -2.48. The number of carbonyl (C=O) groups is 2. The van der Waals surface area contributed by atoms with Gasteiger partial charge < -0.3 is 29.0 Å². The van der Waals surface area contributed by atoms with Crippen LogP contribution in [0.5, 0.6) is 11.5 Å². The highest BCUT2D eigenvalue weighted by Gasteiger charge is 2.29. The van der Waals surface area contributed by atoms with E-state index in [9.17, 15) is 9.59 Å². The number of amides is 2. The molecule has 1 fully saturated rings. The predicted molar refractivity (Wildman–Crippen MR) is 138 cm³/mol. The molecule has 1 aromatic heterocycles. The van der Waals surface area contributed by atoms with Crippen molar-refractivity contribution in [1.82, 2.24) is 4.90 Å². The Morgan fingerprint density at radius 2 is 1.61 bits per heavy atom. The Morgan fingerprint density at radius 1 is 0.889 bits per heavy atom. The molecule has 0 unspecified atom stereocenters. The van der Waals surface area contributed by atoms with Gasteiger partial charge in [-0.05, 0) is 36.4 Å². The number of carbonyl (C=O) groups excluding carboxylic acids is 2. The number of methoxy groups -OCH3 is 1. The molecule has 0 spiro atoms. The monoisotopic (exact) mass is 485 g/mol. The van der Waals surface area contributed by atoms with Crippen molar-refractivity contribution in [3.05, 3.63) is 84.6 Å². The molecule has 0 aliphatic carbocycles. The number of nitrogens with zero attached hydrogens (tertiary/aromatic N) is 2. The van der Waals surface area contributed by atoms with E-state index in [1.807, 2.05) is 60.7 Å². The minimum absolute atomic E-state index is 0.124. The van der Waals surface area contributed by atoms with Gasteiger partial charge in [-0.15, -0.1) is 0 Å². The highest BCUT2D eigenvalue weighted by Crippen LogP contribution is 2.32. The van der Waals surface area contributed by atoms with Crippen LogP contribution >= 0.6 is 0 Å². The SMILES string of the molecule is COc1cccc(N2CCN(C(=O)c3oc4ccccc4c3NC(=O)COc3ccccc3)CC2)c1. The second kappa shape index (κ2) is 10.4. The van der Waals surface area contributed by atoms with Gasteiger partial charge in [-0.3, -0.25) is 9.59 Å². The van der Waals surface area contributed by atoms with E-state index in [0.717, 1.165) is 11.4 Å². The van der Waals surface area contributed by atoms with Crippen LogP contribution in [0.3, 0.4) is 0 Å². The molecular formula is C28H27N3O5. The molecule has 0 atom stereocenters. The molecule has 36 heavy (non-hydrogen) atoms. The molecule has 1 saturated heterocycles. The topological polar surface area (TPSA) is 84.3 Å². The molecule has 1 aliphatic heterocycles. The van der Waals surface area contributed by atoms with E-state index in [4.69, 9.17) is 13.9 Å². The van der Waals surface area contributed by atoms with Gasteiger partial charge >= 0.3 is 0 Å². The van der Waals surface area contributed by atoms with Crippen molar-refractivity contribution < 1.29 is 23.5 Å². The number of hydrogen-bond acceptors (Lipinski definition) is 6. The maximum atomic E-state index is 13.5. The van der Waals surface area contributed by atoms with Gasteiger partial charge in [0.2, 0.25) is 5.76 Å². The first-order valence-electron chi connectivity index (χ1n) is 11.8. The number of benzene rings is 3. The van der Waals surface area contributed by atoms with E-state index in [-0.39, 0.29) is 24.2 Å². The van der Waals surface area contributed by atoms with Gasteiger partial charge in [0, 0.05) is 43.3 Å². The van der Waals surface area contributed by atoms with Crippen molar-refractivity contribution in [3.8, 4) is 11.5 Å². The lowest BCUT2D eigenvalue weighted by atomic mass is 10.2. The minimum atomic E-state index is -0.373. The molecule has 3 aromatic carbocycles. The molecule has 5 rings (SSSR count). The summed E-state index contributed by atoms with van der Waals surface area (Å²) >= 11 is 0. The van der Waals surface area contributed by atoms with Crippen molar-refractivity contribution in [2.24, 2.45) is 0 Å². The van der Waals surface area contributed by atoms with Crippen LogP contribution in [-0.4, -0.2) is 56.6 Å². The fourth-order valence-electron chi connectivity index (χ4n) is 4.28. The van der Waals surface area contributed by atoms with Gasteiger partial charge in [0.15, 0.2) is 6.61 Å². The van der Waals surface area contributed by atoms with Gasteiger partial charge in [-0.1, -0.05) is 36.4 Å². The maximum Gasteiger partial charge on any atom is 0.291 e. The summed E-state index contributed by atoms with van der Waals surface area (Å²) in [5, 5.41) is 3.51. The number of rotatable bonds is 7. The fraction of sp³-hybridized carbons (Fsp3) is 0.214. The van der Waals surface area contributed by atoms with Crippen molar-refractivity contribution in [3.63, 3.8) is 0 Å². The molecule has 4 aromatic rings. The van der Waals surface area contributed by atoms with Crippen molar-refractivity contribution in [1.29, 1.82) is 0 Å². The number of anilines is 2. The average molecular weight is 486 g/mol. The zero-order chi connectivity index (χ0) is 24.9. The van der Waals surface area contributed by atoms with E-state index >= 15 is 0 Å². The first-order chi connectivity index (χ1) is 17.6. The Balaban J connectivity index is 1.30. The highest BCUT2D eigenvalue weighted by atomic mass is 16.5. The number of ether oxygens (including phenoxy) is 2. The molecule has 1 N–H and O–H groups in total. The first kappa shape index (κ1) is 23.3. The minimum Gasteiger partial charge on any atom is -0.497 e. The number of hydrogen-bond donors (Lipinski definition) is 1. The Kier molecular flexibility index (Phi) is 6.75. The highest BCUT2D eigenvalue weighted by molar-refractivity contribution is 6.11. The maximum absolute atomic E-state index is 13.5. The van der Waals surface area contributed by atoms with Gasteiger partial charge in [-0.2, -0.15) is 0 Å². The Bertz CT molecular complexity index is 1360. The third-order valence-corrected chi connectivity index (χ3v) is 6.15. The van der Waals surface area contributed by atoms with Crippen LogP contribution in [0.1, 0.15) is 10.6 Å². The zero-order valence-electron chi connectivity index (χ0n) is 20.0. The number of furan rings is 1. The second-order valence-electron chi connectivity index (χ2n) is 8.43. The molecule has 8 nitrogen and oxygen atoms in total. The molecule has 2 heterocycles. The van der Waals surface area contributed by atoms with Crippen LogP contribution in [0.15, 0.2) is 83.3 Å². The van der Waals surface area contributed by atoms with Crippen LogP contribution in [0.2, 0.25) is 0 Å². The third-order valence-electron chi connectivity index (χ3n) is 6.15. The summed E-state index contributed by atoms with van der Waals surface area (Å²) in [7, 11) is 1.65. The molecule has 2 amide bonds. The van der Waals surface area contributed by atoms with E-state index in [1.54, 1.807) is 30.2 Å². The van der Waals surface area contributed by atoms with Crippen molar-refractivity contribution in [2.75, 3.05) is 50.1 Å². The largest absolute Gasteiger partial charge is 0.497 e. The van der Waals surface area contributed by atoms with Gasteiger partial charge in [0.25, 0.3) is 11.8 Å². The molecule has 0 saturated carbocycles. The number of nitrogens with one attached hydrogen (secondary N) is 1. The normalized spacial score (nSPS) is 13.5. The Labute approximate surface area is 209 Å². The van der Waals surface area contributed by atoms with E-state index in [0.29, 0.717) is 48.6 Å². The average Bonchev–Trinajstić information content (AvgIpc) is 3.30. The zero-order valence-corrected chi connectivity index (χ0v) is 20.0. The number of piperazine rings is 1. The van der Waals surface area contributed by atoms with Crippen LogP contribution < -0.4 is 19.7 Å². The van der Waals surface area contributed by atoms with Crippen LogP contribution in [0.25, 0.3) is 11.0 Å². The summed E-state index contributed by atoms with van der Waals surface area (Å²) in [5.41, 5.74) is 1.96. The summed E-state index contributed by atoms with van der Waals surface area (Å²) in [6.07, 6.45) is 0. The second-order valence-corrected chi connectivity index (χ2v) is 8.43. The summed E-state index contributed by atoms with van der Waals surface area (Å²) < 4.78 is 16.8. The first-order valence-corrected chi connectivity index (χ1v) is 11.8. The summed E-state index contributed by atoms with van der Waals surface area (Å²) in [5.74, 6) is 0.886. The lowest BCUT2D eigenvalue weighted by Gasteiger charge is -2.36. The standard InChI is InChI=1S/C28H27N3O5/c1-34-22-11-7-8-20(18-22)30-14-16-31(17-15-30)28(33)27-26(23-12-5-6-13-24(23)36-27)29-25(32)19-35-21-9-3-2-4-10-21/h2-13,18H,14-17,19H2,1H3,(H,29,32). The van der Waals surface area contributed by atoms with Crippen LogP contribution in [-0.2, 0) is 4.79 Å². The summed E-state index contributed by atoms with van der Waals surface area (Å²) in [6, 6.07) is 24.3. The van der Waals surface area contributed by atoms with E-state index in [1.165, 1.54) is 0 Å². The molecule has 184 valence electrons. The van der Waals surface area contributed by atoms with Gasteiger partial charge in [-0.25, -0.2) is 0 Å². The van der Waals surface area contributed by atoms with Crippen LogP contribution in [0.4, 0.5) is 11.4 Å². The van der Waals surface area contributed by atoms with Gasteiger partial charge in [0.1, 0.15) is 22.8 Å². The quantitative estimate of drug-likeness (QED) is 0.417. The molecular weight excluding hydrogens is 458 g/mol. The Morgan fingerprint density at radius 3 is 2.39 bits per heavy atom. The van der Waals surface area contributed by atoms with E-state index in [2.05, 4.69) is 10.2 Å². The van der Waals surface area contributed by atoms with E-state index < -0.39 is 0 Å². The predicted octanol–water partition coefficient (Wildman–Crippen LogP) is 4.42. The molecule has 1 aliphatic rings. The van der Waals surface area contributed by atoms with Crippen molar-refractivity contribution >= 4 is 34.2 Å². The lowest BCUT2D eigenvalue weighted by molar-refractivity contribution is -0.118. The fourth-order valence-corrected chi connectivity index (χ4v) is 4.28. The van der Waals surface area contributed by atoms with Gasteiger partial charge in [0.05, 0.1) is 7.11 Å². The molecule has 0 radical (unpaired) electrons. The van der Waals surface area contributed by atoms with Crippen molar-refractivity contribution in [2.45, 2.75) is 0 Å². The summed E-state index contributed by atoms with van der Waals surface area (Å²) in [6.45, 7) is 2.21. The number of para-hydroxylation sites is 2. The number of fused-ring (bicyclic) bond motifs is 1. The Hall–Kier alpha value is -4.46. The molecule has 8 heteroatoms. The smallest absolute Gasteiger partial charge is 0.291 e. The summed E-state index contributed by atoms with van der Waals surface area (Å²) in [4.78, 5) is 30.2. The third kappa shape index (κ3) is 4.98. The van der Waals surface area contributed by atoms with Crippen LogP contribution in [0, 0.1) is 0 Å².